The highest BCUT2D eigenvalue weighted by atomic mass is 16.5. The van der Waals surface area contributed by atoms with E-state index in [0.29, 0.717) is 30.6 Å². The second-order valence-corrected chi connectivity index (χ2v) is 8.84. The van der Waals surface area contributed by atoms with E-state index in [-0.39, 0.29) is 12.0 Å². The molecule has 8 heteroatoms. The number of nitrogens with one attached hydrogen (secondary N) is 1. The maximum atomic E-state index is 13.7. The predicted molar refractivity (Wildman–Crippen MR) is 124 cm³/mol. The van der Waals surface area contributed by atoms with Crippen molar-refractivity contribution in [3.8, 4) is 5.75 Å². The minimum absolute atomic E-state index is 0.188. The number of rotatable bonds is 11. The average molecular weight is 461 g/mol. The molecule has 33 heavy (non-hydrogen) atoms. The van der Waals surface area contributed by atoms with Crippen molar-refractivity contribution in [2.24, 2.45) is 11.8 Å². The Balaban J connectivity index is 2.48. The molecule has 0 spiro atoms. The number of methoxy groups -OCH3 is 1. The normalized spacial score (nSPS) is 15.5. The molecule has 8 nitrogen and oxygen atoms in total. The summed E-state index contributed by atoms with van der Waals surface area (Å²) in [6.45, 7) is 7.69. The Labute approximate surface area is 195 Å². The lowest BCUT2D eigenvalue weighted by Crippen LogP contribution is -2.50. The highest BCUT2D eigenvalue weighted by molar-refractivity contribution is 5.99. The smallest absolute Gasteiger partial charge is 0.348 e. The molecule has 0 saturated heterocycles. The molecule has 1 aliphatic rings. The Bertz CT molecular complexity index is 802. The minimum atomic E-state index is -1.34. The first-order valence-electron chi connectivity index (χ1n) is 11.5. The van der Waals surface area contributed by atoms with Crippen LogP contribution in [0.25, 0.3) is 0 Å². The number of hydroxylamine groups is 1. The lowest BCUT2D eigenvalue weighted by atomic mass is 9.90. The molecule has 2 N–H and O–H groups in total. The number of ether oxygens (including phenoxy) is 2. The van der Waals surface area contributed by atoms with Crippen LogP contribution in [-0.2, 0) is 14.3 Å². The predicted octanol–water partition coefficient (Wildman–Crippen LogP) is 4.78. The number of esters is 1. The summed E-state index contributed by atoms with van der Waals surface area (Å²) in [5.41, 5.74) is 1.94. The highest BCUT2D eigenvalue weighted by Crippen LogP contribution is 2.31. The van der Waals surface area contributed by atoms with Gasteiger partial charge in [0.2, 0.25) is 5.91 Å². The van der Waals surface area contributed by atoms with Gasteiger partial charge in [0.15, 0.2) is 6.04 Å². The molecule has 0 radical (unpaired) electrons. The van der Waals surface area contributed by atoms with Crippen molar-refractivity contribution in [3.05, 3.63) is 42.5 Å². The second-order valence-electron chi connectivity index (χ2n) is 8.84. The van der Waals surface area contributed by atoms with E-state index < -0.39 is 29.9 Å². The molecule has 0 aromatic heterocycles. The van der Waals surface area contributed by atoms with Crippen LogP contribution in [0.5, 0.6) is 5.75 Å². The van der Waals surface area contributed by atoms with Crippen molar-refractivity contribution < 1.29 is 29.1 Å². The number of carbonyl (C=O) groups is 3. The molecule has 0 bridgehead atoms. The molecule has 0 heterocycles. The van der Waals surface area contributed by atoms with Crippen molar-refractivity contribution in [1.29, 1.82) is 0 Å². The lowest BCUT2D eigenvalue weighted by molar-refractivity contribution is -0.159. The van der Waals surface area contributed by atoms with Crippen LogP contribution < -0.4 is 10.2 Å². The van der Waals surface area contributed by atoms with E-state index >= 15 is 0 Å². The van der Waals surface area contributed by atoms with E-state index in [0.717, 1.165) is 30.6 Å². The zero-order chi connectivity index (χ0) is 24.4. The van der Waals surface area contributed by atoms with Gasteiger partial charge in [-0.15, -0.1) is 6.58 Å². The Morgan fingerprint density at radius 2 is 1.85 bits per heavy atom. The summed E-state index contributed by atoms with van der Waals surface area (Å²) in [5.74, 6) is -1.01. The van der Waals surface area contributed by atoms with Crippen LogP contribution >= 0.6 is 0 Å². The fourth-order valence-corrected chi connectivity index (χ4v) is 4.24. The van der Waals surface area contributed by atoms with Gasteiger partial charge in [-0.3, -0.25) is 10.0 Å². The molecule has 1 fully saturated rings. The van der Waals surface area contributed by atoms with Gasteiger partial charge in [-0.05, 0) is 68.6 Å². The van der Waals surface area contributed by atoms with E-state index in [2.05, 4.69) is 6.58 Å². The fraction of sp³-hybridized carbons (Fsp3) is 0.560. The van der Waals surface area contributed by atoms with Crippen LogP contribution in [-0.4, -0.2) is 41.2 Å². The monoisotopic (exact) mass is 460 g/mol. The number of imide groups is 1. The molecule has 2 unspecified atom stereocenters. The molecular weight excluding hydrogens is 424 g/mol. The maximum Gasteiger partial charge on any atom is 0.348 e. The number of hydrogen-bond donors (Lipinski definition) is 2. The topological polar surface area (TPSA) is 105 Å². The standard InChI is InChI=1S/C25H36N2O6/c1-5-6-9-19(16-17(2)3)23(28)27(25(30)26-31)22(18-12-14-20(32-4)15-13-18)24(29)33-21-10-7-8-11-21/h5,12-15,17,19,21-22,31H,1,6-11,16H2,2-4H3,(H,26,30). The van der Waals surface area contributed by atoms with Gasteiger partial charge >= 0.3 is 12.0 Å². The van der Waals surface area contributed by atoms with Crippen LogP contribution in [0.15, 0.2) is 36.9 Å². The zero-order valence-corrected chi connectivity index (χ0v) is 19.8. The van der Waals surface area contributed by atoms with Crippen LogP contribution in [0.3, 0.4) is 0 Å². The first kappa shape index (κ1) is 26.4. The van der Waals surface area contributed by atoms with Gasteiger partial charge in [-0.2, -0.15) is 0 Å². The van der Waals surface area contributed by atoms with Gasteiger partial charge < -0.3 is 9.47 Å². The van der Waals surface area contributed by atoms with Gasteiger partial charge in [0, 0.05) is 5.92 Å². The summed E-state index contributed by atoms with van der Waals surface area (Å²) < 4.78 is 10.9. The molecule has 1 saturated carbocycles. The third-order valence-electron chi connectivity index (χ3n) is 5.87. The van der Waals surface area contributed by atoms with Gasteiger partial charge in [0.25, 0.3) is 0 Å². The molecule has 1 aromatic rings. The van der Waals surface area contributed by atoms with Crippen molar-refractivity contribution in [3.63, 3.8) is 0 Å². The Morgan fingerprint density at radius 1 is 1.21 bits per heavy atom. The molecular formula is C25H36N2O6. The molecule has 2 atom stereocenters. The molecule has 3 amide bonds. The summed E-state index contributed by atoms with van der Waals surface area (Å²) in [5, 5.41) is 9.46. The number of amides is 3. The number of nitrogens with zero attached hydrogens (tertiary/aromatic N) is 1. The Hall–Kier alpha value is -2.87. The minimum Gasteiger partial charge on any atom is -0.497 e. The molecule has 2 rings (SSSR count). The van der Waals surface area contributed by atoms with Crippen LogP contribution in [0, 0.1) is 11.8 Å². The molecule has 182 valence electrons. The SMILES string of the molecule is C=CCCC(CC(C)C)C(=O)N(C(=O)NO)C(C(=O)OC1CCCC1)c1ccc(OC)cc1. The first-order chi connectivity index (χ1) is 15.8. The van der Waals surface area contributed by atoms with Gasteiger partial charge in [-0.25, -0.2) is 20.0 Å². The highest BCUT2D eigenvalue weighted by Gasteiger charge is 2.41. The third kappa shape index (κ3) is 7.32. The Kier molecular flexibility index (Phi) is 10.4. The largest absolute Gasteiger partial charge is 0.497 e. The van der Waals surface area contributed by atoms with Crippen LogP contribution in [0.2, 0.25) is 0 Å². The van der Waals surface area contributed by atoms with Crippen LogP contribution in [0.4, 0.5) is 4.79 Å². The molecule has 0 aliphatic heterocycles. The van der Waals surface area contributed by atoms with Crippen molar-refractivity contribution in [2.45, 2.75) is 70.9 Å². The number of urea groups is 1. The van der Waals surface area contributed by atoms with E-state index in [9.17, 15) is 19.6 Å². The quantitative estimate of drug-likeness (QED) is 0.213. The fourth-order valence-electron chi connectivity index (χ4n) is 4.24. The number of carbonyl (C=O) groups excluding carboxylic acids is 3. The molecule has 1 aromatic carbocycles. The van der Waals surface area contributed by atoms with E-state index in [1.165, 1.54) is 7.11 Å². The summed E-state index contributed by atoms with van der Waals surface area (Å²) in [7, 11) is 1.52. The summed E-state index contributed by atoms with van der Waals surface area (Å²) in [6.07, 6.45) is 6.46. The van der Waals surface area contributed by atoms with Crippen molar-refractivity contribution >= 4 is 17.9 Å². The van der Waals surface area contributed by atoms with Crippen molar-refractivity contribution in [1.82, 2.24) is 10.4 Å². The maximum absolute atomic E-state index is 13.7. The number of hydrogen-bond acceptors (Lipinski definition) is 6. The average Bonchev–Trinajstić information content (AvgIpc) is 3.32. The van der Waals surface area contributed by atoms with Crippen molar-refractivity contribution in [2.75, 3.05) is 7.11 Å². The van der Waals surface area contributed by atoms with Gasteiger partial charge in [0.05, 0.1) is 7.11 Å². The first-order valence-corrected chi connectivity index (χ1v) is 11.5. The number of allylic oxidation sites excluding steroid dienone is 1. The van der Waals surface area contributed by atoms with Gasteiger partial charge in [0.1, 0.15) is 11.9 Å². The van der Waals surface area contributed by atoms with Gasteiger partial charge in [-0.1, -0.05) is 32.1 Å². The van der Waals surface area contributed by atoms with E-state index in [1.54, 1.807) is 35.8 Å². The summed E-state index contributed by atoms with van der Waals surface area (Å²) in [6, 6.07) is 4.12. The number of benzene rings is 1. The lowest BCUT2D eigenvalue weighted by Gasteiger charge is -2.32. The third-order valence-corrected chi connectivity index (χ3v) is 5.87. The van der Waals surface area contributed by atoms with Crippen LogP contribution in [0.1, 0.15) is 70.4 Å². The summed E-state index contributed by atoms with van der Waals surface area (Å²) >= 11 is 0. The zero-order valence-electron chi connectivity index (χ0n) is 19.8. The summed E-state index contributed by atoms with van der Waals surface area (Å²) in [4.78, 5) is 40.6. The second kappa shape index (κ2) is 13.0. The van der Waals surface area contributed by atoms with E-state index in [4.69, 9.17) is 9.47 Å². The van der Waals surface area contributed by atoms with E-state index in [1.807, 2.05) is 13.8 Å². The molecule has 1 aliphatic carbocycles. The Morgan fingerprint density at radius 3 is 2.36 bits per heavy atom.